The summed E-state index contributed by atoms with van der Waals surface area (Å²) in [6.45, 7) is 0. The van der Waals surface area contributed by atoms with Gasteiger partial charge in [-0.15, -0.1) is 0 Å². The van der Waals surface area contributed by atoms with Gasteiger partial charge in [0.25, 0.3) is 0 Å². The summed E-state index contributed by atoms with van der Waals surface area (Å²) in [5, 5.41) is 0. The number of rotatable bonds is 2. The average molecular weight is 291 g/mol. The van der Waals surface area contributed by atoms with Gasteiger partial charge in [0.2, 0.25) is 0 Å². The molecule has 0 spiro atoms. The molecule has 0 aromatic heterocycles. The zero-order chi connectivity index (χ0) is 15.1. The maximum absolute atomic E-state index is 13.7. The van der Waals surface area contributed by atoms with E-state index >= 15 is 0 Å². The summed E-state index contributed by atoms with van der Waals surface area (Å²) >= 11 is 0. The van der Waals surface area contributed by atoms with Crippen LogP contribution in [0.3, 0.4) is 0 Å². The van der Waals surface area contributed by atoms with Crippen LogP contribution in [-0.4, -0.2) is 19.5 Å². The Balaban J connectivity index is 3.61. The monoisotopic (exact) mass is 291 g/mol. The molecule has 2 nitrogen and oxygen atoms in total. The van der Waals surface area contributed by atoms with Crippen LogP contribution < -0.4 is 10.5 Å². The molecule has 0 saturated carbocycles. The third-order valence-electron chi connectivity index (χ3n) is 2.38. The number of ether oxygens (including phenoxy) is 1. The summed E-state index contributed by atoms with van der Waals surface area (Å²) in [6.07, 6.45) is -12.4. The number of nitrogen functional groups attached to an aromatic ring is 1. The third kappa shape index (κ3) is 2.41. The summed E-state index contributed by atoms with van der Waals surface area (Å²) in [5.41, 5.74) is -2.18. The fourth-order valence-electron chi connectivity index (χ4n) is 1.46. The highest BCUT2D eigenvalue weighted by Crippen LogP contribution is 2.55. The zero-order valence-corrected chi connectivity index (χ0v) is 9.36. The van der Waals surface area contributed by atoms with Crippen LogP contribution in [0.15, 0.2) is 18.2 Å². The summed E-state index contributed by atoms with van der Waals surface area (Å²) in [5.74, 6) is -0.933. The molecule has 0 aliphatic rings. The Labute approximate surface area is 103 Å². The second-order valence-electron chi connectivity index (χ2n) is 3.61. The van der Waals surface area contributed by atoms with Gasteiger partial charge in [-0.1, -0.05) is 0 Å². The van der Waals surface area contributed by atoms with Gasteiger partial charge in [-0.2, -0.15) is 26.3 Å². The minimum atomic E-state index is -6.19. The Bertz CT molecular complexity index is 452. The number of anilines is 1. The lowest BCUT2D eigenvalue weighted by molar-refractivity contribution is -0.349. The van der Waals surface area contributed by atoms with Gasteiger partial charge in [0.15, 0.2) is 0 Å². The number of methoxy groups -OCH3 is 1. The van der Waals surface area contributed by atoms with Gasteiger partial charge in [-0.25, -0.2) is 4.39 Å². The van der Waals surface area contributed by atoms with E-state index in [1.165, 1.54) is 0 Å². The first-order chi connectivity index (χ1) is 8.45. The van der Waals surface area contributed by atoms with E-state index in [4.69, 9.17) is 5.73 Å². The first-order valence-electron chi connectivity index (χ1n) is 4.71. The second-order valence-corrected chi connectivity index (χ2v) is 3.61. The molecule has 0 radical (unpaired) electrons. The quantitative estimate of drug-likeness (QED) is 0.668. The molecule has 1 rings (SSSR count). The molecule has 0 atom stereocenters. The van der Waals surface area contributed by atoms with E-state index in [-0.39, 0.29) is 5.69 Å². The van der Waals surface area contributed by atoms with E-state index in [2.05, 4.69) is 4.74 Å². The Morgan fingerprint density at radius 3 is 1.79 bits per heavy atom. The van der Waals surface area contributed by atoms with E-state index in [1.54, 1.807) is 0 Å². The molecular weight excluding hydrogens is 283 g/mol. The highest BCUT2D eigenvalue weighted by atomic mass is 19.4. The third-order valence-corrected chi connectivity index (χ3v) is 2.38. The molecule has 0 fully saturated rings. The molecule has 19 heavy (non-hydrogen) atoms. The van der Waals surface area contributed by atoms with Crippen molar-refractivity contribution in [3.05, 3.63) is 23.8 Å². The molecule has 0 heterocycles. The number of hydrogen-bond acceptors (Lipinski definition) is 2. The maximum Gasteiger partial charge on any atom is 0.436 e. The molecule has 0 saturated heterocycles. The summed E-state index contributed by atoms with van der Waals surface area (Å²) in [4.78, 5) is 0. The van der Waals surface area contributed by atoms with Crippen LogP contribution in [0.1, 0.15) is 5.56 Å². The van der Waals surface area contributed by atoms with Crippen molar-refractivity contribution >= 4 is 5.69 Å². The Morgan fingerprint density at radius 2 is 1.42 bits per heavy atom. The highest BCUT2D eigenvalue weighted by molar-refractivity contribution is 5.51. The van der Waals surface area contributed by atoms with Gasteiger partial charge in [0.05, 0.1) is 7.11 Å². The van der Waals surface area contributed by atoms with Crippen LogP contribution in [0.5, 0.6) is 5.75 Å². The van der Waals surface area contributed by atoms with Crippen molar-refractivity contribution in [3.63, 3.8) is 0 Å². The molecule has 1 aromatic rings. The number of halogens is 7. The predicted octanol–water partition coefficient (Wildman–Crippen LogP) is 3.57. The minimum absolute atomic E-state index is 0.160. The number of hydrogen-bond donors (Lipinski definition) is 1. The van der Waals surface area contributed by atoms with Crippen LogP contribution in [-0.2, 0) is 5.67 Å². The molecule has 0 aliphatic heterocycles. The van der Waals surface area contributed by atoms with Gasteiger partial charge in [-0.05, 0) is 12.1 Å². The van der Waals surface area contributed by atoms with E-state index in [0.29, 0.717) is 12.1 Å². The SMILES string of the molecule is COc1cc(N)ccc1C(F)(C(F)(F)F)C(F)(F)F. The van der Waals surface area contributed by atoms with Gasteiger partial charge in [-0.3, -0.25) is 0 Å². The molecule has 2 N–H and O–H groups in total. The van der Waals surface area contributed by atoms with Crippen molar-refractivity contribution in [2.45, 2.75) is 18.0 Å². The Morgan fingerprint density at radius 1 is 0.947 bits per heavy atom. The van der Waals surface area contributed by atoms with Gasteiger partial charge >= 0.3 is 18.0 Å². The molecule has 0 amide bonds. The Hall–Kier alpha value is -1.67. The fourth-order valence-corrected chi connectivity index (χ4v) is 1.46. The number of nitrogens with two attached hydrogens (primary N) is 1. The minimum Gasteiger partial charge on any atom is -0.496 e. The first-order valence-corrected chi connectivity index (χ1v) is 4.71. The molecular formula is C10H8F7NO. The standard InChI is InChI=1S/C10H8F7NO/c1-19-7-4-5(18)2-3-6(7)8(11,9(12,13)14)10(15,16)17/h2-4H,18H2,1H3. The molecule has 9 heteroatoms. The predicted molar refractivity (Wildman–Crippen MR) is 52.3 cm³/mol. The molecule has 0 unspecified atom stereocenters. The van der Waals surface area contributed by atoms with Crippen LogP contribution in [0.4, 0.5) is 36.4 Å². The van der Waals surface area contributed by atoms with Crippen molar-refractivity contribution < 1.29 is 35.5 Å². The van der Waals surface area contributed by atoms with Crippen molar-refractivity contribution in [1.29, 1.82) is 0 Å². The molecule has 0 bridgehead atoms. The fraction of sp³-hybridized carbons (Fsp3) is 0.400. The van der Waals surface area contributed by atoms with Crippen molar-refractivity contribution in [1.82, 2.24) is 0 Å². The number of alkyl halides is 7. The van der Waals surface area contributed by atoms with E-state index in [9.17, 15) is 30.7 Å². The largest absolute Gasteiger partial charge is 0.496 e. The van der Waals surface area contributed by atoms with Gasteiger partial charge in [0.1, 0.15) is 5.75 Å². The van der Waals surface area contributed by atoms with E-state index < -0.39 is 29.3 Å². The topological polar surface area (TPSA) is 35.2 Å². The van der Waals surface area contributed by atoms with E-state index in [0.717, 1.165) is 13.2 Å². The van der Waals surface area contributed by atoms with Crippen molar-refractivity contribution in [2.75, 3.05) is 12.8 Å². The summed E-state index contributed by atoms with van der Waals surface area (Å²) in [6, 6.07) is 1.71. The van der Waals surface area contributed by atoms with Crippen molar-refractivity contribution in [2.24, 2.45) is 0 Å². The van der Waals surface area contributed by atoms with Crippen LogP contribution >= 0.6 is 0 Å². The summed E-state index contributed by atoms with van der Waals surface area (Å²) in [7, 11) is 0.811. The zero-order valence-electron chi connectivity index (χ0n) is 9.36. The smallest absolute Gasteiger partial charge is 0.436 e. The maximum atomic E-state index is 13.7. The van der Waals surface area contributed by atoms with Crippen LogP contribution in [0.2, 0.25) is 0 Å². The van der Waals surface area contributed by atoms with Crippen molar-refractivity contribution in [3.8, 4) is 5.75 Å². The van der Waals surface area contributed by atoms with Gasteiger partial charge < -0.3 is 10.5 Å². The molecule has 0 aliphatic carbocycles. The Kier molecular flexibility index (Phi) is 3.61. The lowest BCUT2D eigenvalue weighted by Gasteiger charge is -2.31. The van der Waals surface area contributed by atoms with Crippen LogP contribution in [0, 0.1) is 0 Å². The summed E-state index contributed by atoms with van der Waals surface area (Å²) < 4.78 is 93.2. The lowest BCUT2D eigenvalue weighted by Crippen LogP contribution is -2.50. The normalized spacial score (nSPS) is 13.5. The van der Waals surface area contributed by atoms with Gasteiger partial charge in [0, 0.05) is 17.3 Å². The van der Waals surface area contributed by atoms with Crippen LogP contribution in [0.25, 0.3) is 0 Å². The lowest BCUT2D eigenvalue weighted by atomic mass is 9.93. The highest BCUT2D eigenvalue weighted by Gasteiger charge is 2.74. The number of benzene rings is 1. The second kappa shape index (κ2) is 4.46. The first kappa shape index (κ1) is 15.4. The van der Waals surface area contributed by atoms with E-state index in [1.807, 2.05) is 0 Å². The average Bonchev–Trinajstić information content (AvgIpc) is 2.24. The molecule has 1 aromatic carbocycles. The molecule has 108 valence electrons.